The van der Waals surface area contributed by atoms with Crippen LogP contribution in [0.15, 0.2) is 65.4 Å². The largest absolute Gasteiger partial charge is 0.324 e. The molecule has 0 bridgehead atoms. The molecule has 0 unspecified atom stereocenters. The summed E-state index contributed by atoms with van der Waals surface area (Å²) in [5.74, 6) is 0.673. The van der Waals surface area contributed by atoms with Crippen molar-refractivity contribution in [1.29, 1.82) is 0 Å². The summed E-state index contributed by atoms with van der Waals surface area (Å²) in [5, 5.41) is 14.9. The predicted molar refractivity (Wildman–Crippen MR) is 114 cm³/mol. The molecule has 0 fully saturated rings. The van der Waals surface area contributed by atoms with Gasteiger partial charge in [-0.05, 0) is 41.8 Å². The Morgan fingerprint density at radius 1 is 1.14 bits per heavy atom. The van der Waals surface area contributed by atoms with E-state index in [4.69, 9.17) is 23.2 Å². The maximum atomic E-state index is 12.4. The third-order valence-corrected chi connectivity index (χ3v) is 6.04. The van der Waals surface area contributed by atoms with E-state index in [0.29, 0.717) is 20.9 Å². The van der Waals surface area contributed by atoms with Crippen LogP contribution in [-0.4, -0.2) is 31.2 Å². The van der Waals surface area contributed by atoms with Crippen molar-refractivity contribution in [3.63, 3.8) is 0 Å². The van der Waals surface area contributed by atoms with Crippen molar-refractivity contribution < 1.29 is 4.79 Å². The zero-order chi connectivity index (χ0) is 19.5. The van der Waals surface area contributed by atoms with Crippen molar-refractivity contribution in [3.8, 4) is 10.7 Å². The van der Waals surface area contributed by atoms with Gasteiger partial charge in [-0.2, -0.15) is 0 Å². The molecule has 1 N–H and O–H groups in total. The first-order valence-electron chi connectivity index (χ1n) is 8.12. The van der Waals surface area contributed by atoms with E-state index < -0.39 is 0 Å². The maximum absolute atomic E-state index is 12.4. The number of benzene rings is 1. The van der Waals surface area contributed by atoms with E-state index in [1.807, 2.05) is 51.4 Å². The van der Waals surface area contributed by atoms with Gasteiger partial charge in [0.25, 0.3) is 0 Å². The first-order chi connectivity index (χ1) is 13.6. The molecular formula is C18H13Cl2N5OS2. The summed E-state index contributed by atoms with van der Waals surface area (Å²) < 4.78 is 3.75. The molecule has 142 valence electrons. The molecule has 3 heterocycles. The van der Waals surface area contributed by atoms with Crippen molar-refractivity contribution in [2.75, 3.05) is 11.1 Å². The van der Waals surface area contributed by atoms with Crippen LogP contribution in [0.5, 0.6) is 0 Å². The highest BCUT2D eigenvalue weighted by atomic mass is 35.5. The molecule has 0 saturated carbocycles. The first kappa shape index (κ1) is 19.1. The highest BCUT2D eigenvalue weighted by molar-refractivity contribution is 7.99. The fourth-order valence-corrected chi connectivity index (χ4v) is 4.37. The van der Waals surface area contributed by atoms with Gasteiger partial charge in [-0.25, -0.2) is 4.68 Å². The van der Waals surface area contributed by atoms with Crippen molar-refractivity contribution in [3.05, 3.63) is 70.3 Å². The minimum absolute atomic E-state index is 0.156. The molecule has 0 aliphatic carbocycles. The maximum Gasteiger partial charge on any atom is 0.234 e. The van der Waals surface area contributed by atoms with Gasteiger partial charge in [-0.15, -0.1) is 21.5 Å². The molecule has 4 rings (SSSR count). The number of nitrogens with one attached hydrogen (secondary N) is 1. The first-order valence-corrected chi connectivity index (χ1v) is 10.7. The number of thiophene rings is 1. The number of aromatic nitrogens is 4. The van der Waals surface area contributed by atoms with Gasteiger partial charge >= 0.3 is 0 Å². The topological polar surface area (TPSA) is 64.7 Å². The van der Waals surface area contributed by atoms with Gasteiger partial charge in [0.15, 0.2) is 5.82 Å². The Morgan fingerprint density at radius 3 is 2.68 bits per heavy atom. The molecule has 28 heavy (non-hydrogen) atoms. The van der Waals surface area contributed by atoms with Crippen LogP contribution < -0.4 is 5.32 Å². The van der Waals surface area contributed by atoms with Crippen LogP contribution in [-0.2, 0) is 4.79 Å². The van der Waals surface area contributed by atoms with E-state index in [0.717, 1.165) is 10.7 Å². The van der Waals surface area contributed by atoms with Gasteiger partial charge in [0.05, 0.1) is 21.3 Å². The number of carbonyl (C=O) groups is 1. The highest BCUT2D eigenvalue weighted by Crippen LogP contribution is 2.28. The molecule has 0 radical (unpaired) electrons. The van der Waals surface area contributed by atoms with Crippen LogP contribution in [0.25, 0.3) is 10.7 Å². The highest BCUT2D eigenvalue weighted by Gasteiger charge is 2.18. The molecule has 0 atom stereocenters. The Morgan fingerprint density at radius 2 is 1.96 bits per heavy atom. The number of hydrogen-bond donors (Lipinski definition) is 1. The molecule has 0 aliphatic heterocycles. The minimum Gasteiger partial charge on any atom is -0.324 e. The summed E-state index contributed by atoms with van der Waals surface area (Å²) in [7, 11) is 0. The van der Waals surface area contributed by atoms with Crippen LogP contribution in [0.4, 0.5) is 5.69 Å². The lowest BCUT2D eigenvalue weighted by Gasteiger charge is -2.11. The van der Waals surface area contributed by atoms with Crippen molar-refractivity contribution in [2.45, 2.75) is 5.16 Å². The molecule has 1 amide bonds. The minimum atomic E-state index is -0.200. The third kappa shape index (κ3) is 4.10. The third-order valence-electron chi connectivity index (χ3n) is 3.71. The van der Waals surface area contributed by atoms with Crippen molar-refractivity contribution in [1.82, 2.24) is 19.5 Å². The molecular weight excluding hydrogens is 437 g/mol. The van der Waals surface area contributed by atoms with E-state index >= 15 is 0 Å². The lowest BCUT2D eigenvalue weighted by molar-refractivity contribution is -0.113. The number of nitrogens with zero attached hydrogens (tertiary/aromatic N) is 4. The zero-order valence-electron chi connectivity index (χ0n) is 14.3. The quantitative estimate of drug-likeness (QED) is 0.413. The lowest BCUT2D eigenvalue weighted by atomic mass is 10.3. The summed E-state index contributed by atoms with van der Waals surface area (Å²) in [6.07, 6.45) is 3.80. The second-order valence-electron chi connectivity index (χ2n) is 5.62. The van der Waals surface area contributed by atoms with Gasteiger partial charge in [0, 0.05) is 17.4 Å². The summed E-state index contributed by atoms with van der Waals surface area (Å²) >= 11 is 14.9. The van der Waals surface area contributed by atoms with Crippen LogP contribution in [0.1, 0.15) is 0 Å². The van der Waals surface area contributed by atoms with E-state index in [2.05, 4.69) is 15.5 Å². The van der Waals surface area contributed by atoms with E-state index in [-0.39, 0.29) is 11.7 Å². The Labute approximate surface area is 179 Å². The van der Waals surface area contributed by atoms with E-state index in [1.54, 1.807) is 29.5 Å². The second kappa shape index (κ2) is 8.40. The molecule has 4 aromatic rings. The molecule has 0 aliphatic rings. The smallest absolute Gasteiger partial charge is 0.234 e. The number of carbonyl (C=O) groups excluding carboxylic acids is 1. The molecule has 10 heteroatoms. The zero-order valence-corrected chi connectivity index (χ0v) is 17.4. The van der Waals surface area contributed by atoms with Gasteiger partial charge in [0.2, 0.25) is 11.1 Å². The Bertz CT molecular complexity index is 1090. The van der Waals surface area contributed by atoms with Crippen LogP contribution in [0.3, 0.4) is 0 Å². The molecule has 3 aromatic heterocycles. The Balaban J connectivity index is 1.53. The van der Waals surface area contributed by atoms with Crippen LogP contribution >= 0.6 is 46.3 Å². The van der Waals surface area contributed by atoms with Gasteiger partial charge in [-0.1, -0.05) is 41.0 Å². The number of amides is 1. The lowest BCUT2D eigenvalue weighted by Crippen LogP contribution is -2.16. The van der Waals surface area contributed by atoms with Gasteiger partial charge < -0.3 is 5.32 Å². The molecule has 0 saturated heterocycles. The Kier molecular flexibility index (Phi) is 5.72. The summed E-state index contributed by atoms with van der Waals surface area (Å²) in [6, 6.07) is 12.7. The number of thioether (sulfide) groups is 1. The van der Waals surface area contributed by atoms with Crippen LogP contribution in [0, 0.1) is 0 Å². The van der Waals surface area contributed by atoms with Crippen molar-refractivity contribution in [2.24, 2.45) is 0 Å². The fourth-order valence-electron chi connectivity index (χ4n) is 2.49. The van der Waals surface area contributed by atoms with E-state index in [9.17, 15) is 4.79 Å². The standard InChI is InChI=1S/C18H13Cl2N5OS2/c19-12-5-6-14(13(20)10-12)21-16(26)11-28-18-23-22-17(15-4-3-9-27-15)25(18)24-7-1-2-8-24/h1-10H,11H2,(H,21,26). The Hall–Kier alpha value is -2.26. The predicted octanol–water partition coefficient (Wildman–Crippen LogP) is 5.16. The molecule has 0 spiro atoms. The number of rotatable bonds is 6. The van der Waals surface area contributed by atoms with Gasteiger partial charge in [-0.3, -0.25) is 9.47 Å². The summed E-state index contributed by atoms with van der Waals surface area (Å²) in [5.41, 5.74) is 0.516. The normalized spacial score (nSPS) is 10.9. The second-order valence-corrected chi connectivity index (χ2v) is 8.35. The SMILES string of the molecule is O=C(CSc1nnc(-c2cccs2)n1-n1cccc1)Nc1ccc(Cl)cc1Cl. The number of hydrogen-bond acceptors (Lipinski definition) is 5. The van der Waals surface area contributed by atoms with Gasteiger partial charge in [0.1, 0.15) is 0 Å². The molecule has 6 nitrogen and oxygen atoms in total. The van der Waals surface area contributed by atoms with E-state index in [1.165, 1.54) is 11.8 Å². The fraction of sp³-hybridized carbons (Fsp3) is 0.0556. The van der Waals surface area contributed by atoms with Crippen LogP contribution in [0.2, 0.25) is 10.0 Å². The molecule has 1 aromatic carbocycles. The monoisotopic (exact) mass is 449 g/mol. The number of halogens is 2. The average molecular weight is 450 g/mol. The summed E-state index contributed by atoms with van der Waals surface area (Å²) in [4.78, 5) is 13.4. The average Bonchev–Trinajstić information content (AvgIpc) is 3.42. The van der Waals surface area contributed by atoms with Crippen molar-refractivity contribution >= 4 is 57.9 Å². The summed E-state index contributed by atoms with van der Waals surface area (Å²) in [6.45, 7) is 0. The number of anilines is 1.